The zero-order valence-electron chi connectivity index (χ0n) is 12.2. The van der Waals surface area contributed by atoms with Crippen LogP contribution < -0.4 is 0 Å². The zero-order valence-corrected chi connectivity index (χ0v) is 12.2. The Bertz CT molecular complexity index is 718. The lowest BCUT2D eigenvalue weighted by Gasteiger charge is -2.53. The van der Waals surface area contributed by atoms with E-state index in [1.807, 2.05) is 60.7 Å². The molecule has 0 N–H and O–H groups in total. The Labute approximate surface area is 129 Å². The normalized spacial score (nSPS) is 26.7. The molecule has 3 aliphatic rings. The van der Waals surface area contributed by atoms with E-state index < -0.39 is 5.41 Å². The summed E-state index contributed by atoms with van der Waals surface area (Å²) in [4.78, 5) is 26.9. The Balaban J connectivity index is 1.66. The topological polar surface area (TPSA) is 37.4 Å². The molecule has 2 aromatic carbocycles. The third-order valence-electron chi connectivity index (χ3n) is 4.97. The van der Waals surface area contributed by atoms with Gasteiger partial charge in [-0.25, -0.2) is 0 Å². The van der Waals surface area contributed by atoms with Crippen molar-refractivity contribution in [1.82, 2.24) is 4.90 Å². The van der Waals surface area contributed by atoms with E-state index in [4.69, 9.17) is 0 Å². The van der Waals surface area contributed by atoms with E-state index >= 15 is 0 Å². The third-order valence-corrected chi connectivity index (χ3v) is 4.97. The monoisotopic (exact) mass is 291 g/mol. The lowest BCUT2D eigenvalue weighted by atomic mass is 9.55. The lowest BCUT2D eigenvalue weighted by molar-refractivity contribution is -0.169. The molecule has 2 saturated heterocycles. The van der Waals surface area contributed by atoms with Gasteiger partial charge in [0.2, 0.25) is 11.8 Å². The molecular weight excluding hydrogens is 274 g/mol. The van der Waals surface area contributed by atoms with Crippen LogP contribution in [0.1, 0.15) is 24.0 Å². The molecule has 5 rings (SSSR count). The Morgan fingerprint density at radius 1 is 0.909 bits per heavy atom. The van der Waals surface area contributed by atoms with E-state index in [0.29, 0.717) is 19.4 Å². The lowest BCUT2D eigenvalue weighted by Crippen LogP contribution is -2.65. The number of amides is 2. The van der Waals surface area contributed by atoms with E-state index in [9.17, 15) is 9.59 Å². The van der Waals surface area contributed by atoms with Crippen molar-refractivity contribution in [1.29, 1.82) is 0 Å². The van der Waals surface area contributed by atoms with Crippen molar-refractivity contribution in [2.75, 3.05) is 0 Å². The molecule has 0 radical (unpaired) electrons. The summed E-state index contributed by atoms with van der Waals surface area (Å²) in [5, 5.41) is 0. The maximum Gasteiger partial charge on any atom is 0.240 e. The number of imide groups is 1. The van der Waals surface area contributed by atoms with E-state index in [2.05, 4.69) is 0 Å². The molecular formula is C19H17NO2. The smallest absolute Gasteiger partial charge is 0.240 e. The molecule has 2 aromatic rings. The highest BCUT2D eigenvalue weighted by Crippen LogP contribution is 2.53. The summed E-state index contributed by atoms with van der Waals surface area (Å²) < 4.78 is 0. The average Bonchev–Trinajstić information content (AvgIpc) is 2.52. The molecule has 0 aromatic heterocycles. The molecule has 2 amide bonds. The molecule has 0 atom stereocenters. The van der Waals surface area contributed by atoms with Crippen molar-refractivity contribution in [3.8, 4) is 0 Å². The summed E-state index contributed by atoms with van der Waals surface area (Å²) in [7, 11) is 0. The van der Waals surface area contributed by atoms with Crippen LogP contribution in [0, 0.1) is 5.92 Å². The van der Waals surface area contributed by atoms with Gasteiger partial charge in [0.1, 0.15) is 0 Å². The molecule has 3 fully saturated rings. The van der Waals surface area contributed by atoms with Gasteiger partial charge in [0.25, 0.3) is 0 Å². The summed E-state index contributed by atoms with van der Waals surface area (Å²) in [5.41, 5.74) is 1.56. The van der Waals surface area contributed by atoms with E-state index in [0.717, 1.165) is 11.1 Å². The summed E-state index contributed by atoms with van der Waals surface area (Å²) in [5.74, 6) is -0.0386. The van der Waals surface area contributed by atoms with Crippen LogP contribution in [0.25, 0.3) is 0 Å². The number of hydrogen-bond acceptors (Lipinski definition) is 2. The Morgan fingerprint density at radius 3 is 2.14 bits per heavy atom. The van der Waals surface area contributed by atoms with E-state index in [-0.39, 0.29) is 17.7 Å². The van der Waals surface area contributed by atoms with Crippen LogP contribution in [0.15, 0.2) is 60.7 Å². The molecule has 3 heteroatoms. The number of benzene rings is 2. The molecule has 0 spiro atoms. The van der Waals surface area contributed by atoms with Gasteiger partial charge in [-0.15, -0.1) is 0 Å². The number of piperidine rings is 2. The van der Waals surface area contributed by atoms with Crippen LogP contribution in [-0.4, -0.2) is 16.7 Å². The number of rotatable bonds is 3. The third kappa shape index (κ3) is 1.82. The van der Waals surface area contributed by atoms with Gasteiger partial charge in [0.15, 0.2) is 0 Å². The van der Waals surface area contributed by atoms with Crippen LogP contribution in [0.5, 0.6) is 0 Å². The van der Waals surface area contributed by atoms with Gasteiger partial charge < -0.3 is 0 Å². The van der Waals surface area contributed by atoms with Gasteiger partial charge in [0.05, 0.1) is 12.0 Å². The first-order chi connectivity index (χ1) is 10.7. The highest BCUT2D eigenvalue weighted by Gasteiger charge is 2.61. The second-order valence-electron chi connectivity index (χ2n) is 6.27. The summed E-state index contributed by atoms with van der Waals surface area (Å²) >= 11 is 0. The second-order valence-corrected chi connectivity index (χ2v) is 6.27. The van der Waals surface area contributed by atoms with Crippen molar-refractivity contribution < 1.29 is 9.59 Å². The zero-order chi connectivity index (χ0) is 15.2. The quantitative estimate of drug-likeness (QED) is 0.815. The molecule has 1 aliphatic carbocycles. The van der Waals surface area contributed by atoms with Crippen LogP contribution >= 0.6 is 0 Å². The molecule has 2 bridgehead atoms. The fourth-order valence-corrected chi connectivity index (χ4v) is 3.74. The van der Waals surface area contributed by atoms with Crippen molar-refractivity contribution in [2.45, 2.75) is 24.8 Å². The van der Waals surface area contributed by atoms with Crippen molar-refractivity contribution in [2.24, 2.45) is 5.92 Å². The van der Waals surface area contributed by atoms with E-state index in [1.165, 1.54) is 4.90 Å². The van der Waals surface area contributed by atoms with Gasteiger partial charge in [0, 0.05) is 5.92 Å². The van der Waals surface area contributed by atoms with Crippen LogP contribution in [0.4, 0.5) is 0 Å². The Kier molecular flexibility index (Phi) is 2.89. The minimum Gasteiger partial charge on any atom is -0.277 e. The highest BCUT2D eigenvalue weighted by atomic mass is 16.2. The molecule has 110 valence electrons. The van der Waals surface area contributed by atoms with Crippen molar-refractivity contribution in [3.05, 3.63) is 71.8 Å². The number of carbonyl (C=O) groups excluding carboxylic acids is 2. The maximum absolute atomic E-state index is 13.0. The van der Waals surface area contributed by atoms with E-state index in [1.54, 1.807) is 0 Å². The minimum absolute atomic E-state index is 0.00150. The first-order valence-corrected chi connectivity index (χ1v) is 7.66. The maximum atomic E-state index is 13.0. The fourth-order valence-electron chi connectivity index (χ4n) is 3.74. The van der Waals surface area contributed by atoms with Gasteiger partial charge in [-0.1, -0.05) is 60.7 Å². The van der Waals surface area contributed by atoms with Gasteiger partial charge in [-0.05, 0) is 24.0 Å². The minimum atomic E-state index is -0.478. The van der Waals surface area contributed by atoms with Crippen molar-refractivity contribution >= 4 is 11.8 Å². The average molecular weight is 291 g/mol. The predicted octanol–water partition coefficient (Wildman–Crippen LogP) is 2.90. The largest absolute Gasteiger partial charge is 0.277 e. The summed E-state index contributed by atoms with van der Waals surface area (Å²) in [6.45, 7) is 0.379. The van der Waals surface area contributed by atoms with Crippen LogP contribution in [0.3, 0.4) is 0 Å². The molecule has 0 unspecified atom stereocenters. The van der Waals surface area contributed by atoms with Crippen LogP contribution in [0.2, 0.25) is 0 Å². The molecule has 2 aliphatic heterocycles. The SMILES string of the molecule is O=C1C2CC(c3ccccc3)(C2)C(=O)N1Cc1ccccc1. The summed E-state index contributed by atoms with van der Waals surface area (Å²) in [6, 6.07) is 19.6. The first kappa shape index (κ1) is 13.3. The Morgan fingerprint density at radius 2 is 1.50 bits per heavy atom. The van der Waals surface area contributed by atoms with Crippen molar-refractivity contribution in [3.63, 3.8) is 0 Å². The standard InChI is InChI=1S/C19H17NO2/c21-17-15-11-19(12-15,16-9-5-2-6-10-16)18(22)20(17)13-14-7-3-1-4-8-14/h1-10,15H,11-13H2. The van der Waals surface area contributed by atoms with Gasteiger partial charge >= 0.3 is 0 Å². The number of nitrogens with zero attached hydrogens (tertiary/aromatic N) is 1. The van der Waals surface area contributed by atoms with Gasteiger partial charge in [-0.3, -0.25) is 14.5 Å². The molecule has 1 saturated carbocycles. The summed E-state index contributed by atoms with van der Waals surface area (Å²) in [6.07, 6.45) is 1.33. The highest BCUT2D eigenvalue weighted by molar-refractivity contribution is 6.07. The number of carbonyl (C=O) groups is 2. The Hall–Kier alpha value is -2.42. The molecule has 3 nitrogen and oxygen atoms in total. The molecule has 2 heterocycles. The van der Waals surface area contributed by atoms with Crippen LogP contribution in [-0.2, 0) is 21.5 Å². The number of fused-ring (bicyclic) bond motifs is 2. The fraction of sp³-hybridized carbons (Fsp3) is 0.263. The second kappa shape index (κ2) is 4.80. The first-order valence-electron chi connectivity index (χ1n) is 7.66. The predicted molar refractivity (Wildman–Crippen MR) is 82.8 cm³/mol. The number of hydrogen-bond donors (Lipinski definition) is 0. The molecule has 22 heavy (non-hydrogen) atoms. The van der Waals surface area contributed by atoms with Gasteiger partial charge in [-0.2, -0.15) is 0 Å².